The maximum Gasteiger partial charge on any atom is 0.312 e. The fraction of sp³-hybridized carbons (Fsp3) is 0.763. The predicted octanol–water partition coefficient (Wildman–Crippen LogP) is 2.52. The molecule has 4 N–H and O–H groups in total. The van der Waals surface area contributed by atoms with Gasteiger partial charge in [0.1, 0.15) is 30.0 Å². The van der Waals surface area contributed by atoms with E-state index in [9.17, 15) is 39.8 Å². The number of likely N-dealkylation sites (N-methyl/N-ethyl adjacent to an activating group) is 1. The molecule has 16 nitrogen and oxygen atoms in total. The van der Waals surface area contributed by atoms with E-state index in [0.717, 1.165) is 0 Å². The van der Waals surface area contributed by atoms with Crippen LogP contribution in [0, 0.1) is 27.9 Å². The van der Waals surface area contributed by atoms with E-state index in [1.807, 2.05) is 25.9 Å². The highest BCUT2D eigenvalue weighted by atomic mass is 16.7. The molecule has 2 fully saturated rings. The average molecular weight is 768 g/mol. The van der Waals surface area contributed by atoms with Crippen molar-refractivity contribution in [3.63, 3.8) is 0 Å². The van der Waals surface area contributed by atoms with Crippen LogP contribution in [0.25, 0.3) is 0 Å². The molecule has 0 saturated carbocycles. The Hall–Kier alpha value is -3.25. The lowest BCUT2D eigenvalue weighted by atomic mass is 9.77. The molecule has 14 atom stereocenters. The van der Waals surface area contributed by atoms with Gasteiger partial charge in [-0.3, -0.25) is 24.5 Å². The molecule has 0 spiro atoms. The fourth-order valence-electron chi connectivity index (χ4n) is 7.71. The highest BCUT2D eigenvalue weighted by Gasteiger charge is 2.52. The van der Waals surface area contributed by atoms with Crippen LogP contribution in [0.15, 0.2) is 24.3 Å². The number of amides is 1. The van der Waals surface area contributed by atoms with Crippen molar-refractivity contribution >= 4 is 23.5 Å². The standard InChI is InChI=1S/C38H61N3O13/c1-12-28-38(8,47)32(44)24(6)39-34(45)20(2)19-37(7,50-11)33(54-36-30(43)27(40(9)10)17-21(3)51-36)22(4)31(23(5)35(46)52-28)53-29(42)18-25-13-15-26(16-14-25)41(48)49/h13-16,20-24,27-28,30-33,36,43-44,47H,12,17-19H2,1-11H3,(H,39,45)/t20-,21-,22+,23-,24-,27+,28-,30-,31+,32-,33-,36+,37-,38-/m1/s1. The molecule has 0 bridgehead atoms. The largest absolute Gasteiger partial charge is 0.461 e. The lowest BCUT2D eigenvalue weighted by molar-refractivity contribution is -0.384. The zero-order valence-electron chi connectivity index (χ0n) is 33.4. The van der Waals surface area contributed by atoms with Crippen molar-refractivity contribution in [1.29, 1.82) is 0 Å². The zero-order valence-corrected chi connectivity index (χ0v) is 33.4. The van der Waals surface area contributed by atoms with Gasteiger partial charge in [-0.15, -0.1) is 0 Å². The van der Waals surface area contributed by atoms with E-state index in [0.29, 0.717) is 12.0 Å². The average Bonchev–Trinajstić information content (AvgIpc) is 3.11. The molecule has 0 radical (unpaired) electrons. The number of aliphatic hydroxyl groups is 3. The third-order valence-electron chi connectivity index (χ3n) is 11.1. The van der Waals surface area contributed by atoms with Gasteiger partial charge in [-0.2, -0.15) is 0 Å². The van der Waals surface area contributed by atoms with Gasteiger partial charge in [0.15, 0.2) is 6.29 Å². The van der Waals surface area contributed by atoms with Crippen LogP contribution < -0.4 is 5.32 Å². The number of nitrogens with one attached hydrogen (secondary N) is 1. The molecule has 2 aliphatic rings. The summed E-state index contributed by atoms with van der Waals surface area (Å²) in [5.74, 6) is -4.93. The summed E-state index contributed by atoms with van der Waals surface area (Å²) in [4.78, 5) is 53.9. The summed E-state index contributed by atoms with van der Waals surface area (Å²) in [7, 11) is 5.11. The first-order valence-corrected chi connectivity index (χ1v) is 18.6. The number of benzene rings is 1. The topological polar surface area (TPSA) is 216 Å². The first kappa shape index (κ1) is 45.1. The van der Waals surface area contributed by atoms with Gasteiger partial charge >= 0.3 is 11.9 Å². The van der Waals surface area contributed by atoms with E-state index in [-0.39, 0.29) is 37.1 Å². The van der Waals surface area contributed by atoms with Crippen molar-refractivity contribution in [1.82, 2.24) is 10.2 Å². The first-order chi connectivity index (χ1) is 25.1. The summed E-state index contributed by atoms with van der Waals surface area (Å²) in [6.07, 6.45) is -7.47. The molecule has 0 unspecified atom stereocenters. The second-order valence-electron chi connectivity index (χ2n) is 15.8. The summed E-state index contributed by atoms with van der Waals surface area (Å²) >= 11 is 0. The minimum absolute atomic E-state index is 0.0267. The number of nitro benzene ring substituents is 1. The van der Waals surface area contributed by atoms with Gasteiger partial charge in [0, 0.05) is 37.1 Å². The van der Waals surface area contributed by atoms with Crippen molar-refractivity contribution in [2.75, 3.05) is 21.2 Å². The van der Waals surface area contributed by atoms with E-state index < -0.39 is 94.6 Å². The number of esters is 2. The van der Waals surface area contributed by atoms with E-state index in [1.165, 1.54) is 52.1 Å². The summed E-state index contributed by atoms with van der Waals surface area (Å²) in [5.41, 5.74) is -3.08. The smallest absolute Gasteiger partial charge is 0.312 e. The molecule has 1 aromatic carbocycles. The van der Waals surface area contributed by atoms with E-state index >= 15 is 0 Å². The van der Waals surface area contributed by atoms with Crippen LogP contribution in [0.5, 0.6) is 0 Å². The second kappa shape index (κ2) is 18.6. The summed E-state index contributed by atoms with van der Waals surface area (Å²) in [5, 5.41) is 48.3. The van der Waals surface area contributed by atoms with Gasteiger partial charge in [0.2, 0.25) is 5.91 Å². The number of rotatable bonds is 9. The molecule has 3 rings (SSSR count). The van der Waals surface area contributed by atoms with Crippen LogP contribution in [-0.2, 0) is 44.5 Å². The number of methoxy groups -OCH3 is 1. The molecule has 1 aromatic rings. The Morgan fingerprint density at radius 3 is 2.24 bits per heavy atom. The lowest BCUT2D eigenvalue weighted by Crippen LogP contribution is -2.60. The molecule has 1 amide bonds. The number of hydrogen-bond acceptors (Lipinski definition) is 14. The molecule has 306 valence electrons. The highest BCUT2D eigenvalue weighted by molar-refractivity contribution is 5.79. The van der Waals surface area contributed by atoms with E-state index in [4.69, 9.17) is 23.7 Å². The number of hydrogen-bond donors (Lipinski definition) is 4. The Bertz CT molecular complexity index is 1440. The van der Waals surface area contributed by atoms with Crippen molar-refractivity contribution in [2.24, 2.45) is 17.8 Å². The predicted molar refractivity (Wildman–Crippen MR) is 196 cm³/mol. The number of nitrogens with zero attached hydrogens (tertiary/aromatic N) is 2. The number of non-ortho nitro benzene ring substituents is 1. The van der Waals surface area contributed by atoms with Gasteiger partial charge < -0.3 is 49.2 Å². The molecular weight excluding hydrogens is 706 g/mol. The van der Waals surface area contributed by atoms with Crippen LogP contribution >= 0.6 is 0 Å². The summed E-state index contributed by atoms with van der Waals surface area (Å²) in [6.45, 7) is 13.0. The Kier molecular flexibility index (Phi) is 15.5. The molecule has 2 saturated heterocycles. The Morgan fingerprint density at radius 2 is 1.70 bits per heavy atom. The SMILES string of the molecule is CC[C@H]1OC(=O)[C@H](C)[C@@H](OC(=O)Cc2ccc([N+](=O)[O-])cc2)[C@H](C)[C@@H](O[C@@H]2O[C@H](C)C[C@H](N(C)C)[C@H]2O)[C@](C)(OC)C[C@@H](C)C(=O)N[C@H](C)[C@@H](O)[C@]1(C)O. The van der Waals surface area contributed by atoms with Crippen LogP contribution in [0.2, 0.25) is 0 Å². The monoisotopic (exact) mass is 767 g/mol. The molecule has 54 heavy (non-hydrogen) atoms. The molecule has 16 heteroatoms. The normalized spacial score (nSPS) is 38.8. The number of carbonyl (C=O) groups excluding carboxylic acids is 3. The van der Waals surface area contributed by atoms with Gasteiger partial charge in [0.05, 0.1) is 41.1 Å². The molecule has 0 aliphatic carbocycles. The lowest BCUT2D eigenvalue weighted by Gasteiger charge is -2.48. The van der Waals surface area contributed by atoms with E-state index in [2.05, 4.69) is 5.32 Å². The number of carbonyl (C=O) groups is 3. The maximum atomic E-state index is 14.1. The third kappa shape index (κ3) is 10.5. The first-order valence-electron chi connectivity index (χ1n) is 18.6. The Balaban J connectivity index is 2.18. The fourth-order valence-corrected chi connectivity index (χ4v) is 7.71. The minimum Gasteiger partial charge on any atom is -0.461 e. The number of cyclic esters (lactones) is 1. The van der Waals surface area contributed by atoms with Crippen molar-refractivity contribution in [2.45, 2.75) is 147 Å². The highest BCUT2D eigenvalue weighted by Crippen LogP contribution is 2.39. The maximum absolute atomic E-state index is 14.1. The molecule has 0 aromatic heterocycles. The van der Waals surface area contributed by atoms with Crippen LogP contribution in [0.1, 0.15) is 80.2 Å². The Morgan fingerprint density at radius 1 is 1.09 bits per heavy atom. The number of ether oxygens (including phenoxy) is 5. The molecular formula is C38H61N3O13. The molecule has 2 heterocycles. The minimum atomic E-state index is -2.01. The van der Waals surface area contributed by atoms with Gasteiger partial charge in [-0.05, 0) is 73.5 Å². The second-order valence-corrected chi connectivity index (χ2v) is 15.8. The van der Waals surface area contributed by atoms with Gasteiger partial charge in [-0.1, -0.05) is 32.9 Å². The van der Waals surface area contributed by atoms with E-state index in [1.54, 1.807) is 27.7 Å². The third-order valence-corrected chi connectivity index (χ3v) is 11.1. The Labute approximate surface area is 317 Å². The number of aliphatic hydroxyl groups excluding tert-OH is 2. The van der Waals surface area contributed by atoms with Crippen LogP contribution in [0.3, 0.4) is 0 Å². The van der Waals surface area contributed by atoms with Crippen molar-refractivity contribution in [3.05, 3.63) is 39.9 Å². The van der Waals surface area contributed by atoms with Crippen molar-refractivity contribution < 1.29 is 58.3 Å². The summed E-state index contributed by atoms with van der Waals surface area (Å²) < 4.78 is 31.0. The van der Waals surface area contributed by atoms with Crippen molar-refractivity contribution in [3.8, 4) is 0 Å². The molecule has 2 aliphatic heterocycles. The zero-order chi connectivity index (χ0) is 40.9. The van der Waals surface area contributed by atoms with Gasteiger partial charge in [-0.25, -0.2) is 0 Å². The van der Waals surface area contributed by atoms with Gasteiger partial charge in [0.25, 0.3) is 5.69 Å². The number of nitro groups is 1. The summed E-state index contributed by atoms with van der Waals surface area (Å²) in [6, 6.07) is 4.09. The van der Waals surface area contributed by atoms with Crippen LogP contribution in [0.4, 0.5) is 5.69 Å². The van der Waals surface area contributed by atoms with Crippen LogP contribution in [-0.4, -0.2) is 130 Å². The quantitative estimate of drug-likeness (QED) is 0.161.